The fourth-order valence-corrected chi connectivity index (χ4v) is 5.80. The molecule has 1 saturated heterocycles. The molecular weight excluding hydrogens is 580 g/mol. The molecule has 10 heteroatoms. The van der Waals surface area contributed by atoms with Gasteiger partial charge in [0.05, 0.1) is 30.5 Å². The molecule has 0 aliphatic carbocycles. The van der Waals surface area contributed by atoms with E-state index < -0.39 is 23.7 Å². The Bertz CT molecular complexity index is 1700. The van der Waals surface area contributed by atoms with E-state index in [4.69, 9.17) is 14.2 Å². The number of aromatic nitrogens is 1. The van der Waals surface area contributed by atoms with Crippen LogP contribution in [0.15, 0.2) is 84.4 Å². The number of Topliss-reactive ketones (excluding diaryl/α,β-unsaturated/α-hetero) is 1. The Morgan fingerprint density at radius 1 is 0.955 bits per heavy atom. The molecule has 3 aromatic carbocycles. The first kappa shape index (κ1) is 30.5. The first-order valence-electron chi connectivity index (χ1n) is 14.3. The normalized spacial score (nSPS) is 15.8. The number of esters is 1. The number of ketones is 1. The van der Waals surface area contributed by atoms with Crippen LogP contribution in [-0.4, -0.2) is 41.0 Å². The predicted octanol–water partition coefficient (Wildman–Crippen LogP) is 6.62. The maximum absolute atomic E-state index is 13.6. The minimum Gasteiger partial charge on any atom is -0.507 e. The lowest BCUT2D eigenvalue weighted by Crippen LogP contribution is -2.29. The monoisotopic (exact) mass is 612 g/mol. The first-order chi connectivity index (χ1) is 21.3. The number of aliphatic hydroxyl groups excluding tert-OH is 1. The van der Waals surface area contributed by atoms with E-state index >= 15 is 0 Å². The molecule has 9 nitrogen and oxygen atoms in total. The average Bonchev–Trinajstić information content (AvgIpc) is 3.55. The highest BCUT2D eigenvalue weighted by atomic mass is 32.1. The summed E-state index contributed by atoms with van der Waals surface area (Å²) in [4.78, 5) is 45.7. The second kappa shape index (κ2) is 13.6. The number of hydrogen-bond acceptors (Lipinski definition) is 9. The predicted molar refractivity (Wildman–Crippen MR) is 167 cm³/mol. The summed E-state index contributed by atoms with van der Waals surface area (Å²) in [5.74, 6) is -1.54. The highest BCUT2D eigenvalue weighted by molar-refractivity contribution is 7.17. The molecule has 4 aromatic rings. The second-order valence-electron chi connectivity index (χ2n) is 10.0. The smallest absolute Gasteiger partial charge is 0.350 e. The molecular formula is C34H32N2O7S. The van der Waals surface area contributed by atoms with E-state index in [9.17, 15) is 19.5 Å². The van der Waals surface area contributed by atoms with Gasteiger partial charge in [-0.3, -0.25) is 14.5 Å². The number of hydrogen-bond donors (Lipinski definition) is 1. The lowest BCUT2D eigenvalue weighted by atomic mass is 9.95. The molecule has 1 atom stereocenters. The summed E-state index contributed by atoms with van der Waals surface area (Å²) in [7, 11) is 0. The molecule has 2 heterocycles. The standard InChI is InChI=1S/C34H32N2O7S/c1-4-18-42-26-13-9-12-24(19-26)29(37)27-28(23-14-16-25(17-15-23)43-20-22-10-7-6-8-11-22)36(32(39)30(27)38)34-35-21(3)31(44-34)33(40)41-5-2/h6-17,19,28,37H,4-5,18,20H2,1-3H3. The Labute approximate surface area is 259 Å². The number of carbonyl (C=O) groups is 3. The lowest BCUT2D eigenvalue weighted by molar-refractivity contribution is -0.132. The minimum absolute atomic E-state index is 0.105. The van der Waals surface area contributed by atoms with Gasteiger partial charge in [0.15, 0.2) is 5.13 Å². The first-order valence-corrected chi connectivity index (χ1v) is 15.1. The average molecular weight is 613 g/mol. The van der Waals surface area contributed by atoms with Crippen molar-refractivity contribution >= 4 is 39.9 Å². The van der Waals surface area contributed by atoms with Gasteiger partial charge in [-0.05, 0) is 55.7 Å². The topological polar surface area (TPSA) is 115 Å². The molecule has 1 fully saturated rings. The largest absolute Gasteiger partial charge is 0.507 e. The van der Waals surface area contributed by atoms with Crippen molar-refractivity contribution in [2.45, 2.75) is 39.8 Å². The molecule has 226 valence electrons. The van der Waals surface area contributed by atoms with Gasteiger partial charge < -0.3 is 19.3 Å². The Balaban J connectivity index is 1.57. The number of rotatable bonds is 11. The van der Waals surface area contributed by atoms with Crippen molar-refractivity contribution < 1.29 is 33.7 Å². The summed E-state index contributed by atoms with van der Waals surface area (Å²) >= 11 is 0.957. The number of ether oxygens (including phenoxy) is 3. The van der Waals surface area contributed by atoms with Crippen LogP contribution >= 0.6 is 11.3 Å². The number of nitrogens with zero attached hydrogens (tertiary/aromatic N) is 2. The molecule has 44 heavy (non-hydrogen) atoms. The van der Waals surface area contributed by atoms with E-state index in [1.54, 1.807) is 62.4 Å². The SMILES string of the molecule is CCCOc1cccc(C(O)=C2C(=O)C(=O)N(c3nc(C)c(C(=O)OCC)s3)C2c2ccc(OCc3ccccc3)cc2)c1. The Morgan fingerprint density at radius 3 is 2.41 bits per heavy atom. The Kier molecular flexibility index (Phi) is 9.40. The van der Waals surface area contributed by atoms with Gasteiger partial charge in [-0.1, -0.05) is 72.9 Å². The summed E-state index contributed by atoms with van der Waals surface area (Å²) in [5.41, 5.74) is 2.14. The lowest BCUT2D eigenvalue weighted by Gasteiger charge is -2.23. The van der Waals surface area contributed by atoms with Crippen LogP contribution in [-0.2, 0) is 20.9 Å². The molecule has 1 aromatic heterocycles. The summed E-state index contributed by atoms with van der Waals surface area (Å²) in [6.45, 7) is 6.35. The summed E-state index contributed by atoms with van der Waals surface area (Å²) in [6.07, 6.45) is 0.799. The zero-order valence-electron chi connectivity index (χ0n) is 24.6. The number of anilines is 1. The van der Waals surface area contributed by atoms with E-state index in [0.29, 0.717) is 41.5 Å². The van der Waals surface area contributed by atoms with E-state index in [1.165, 1.54) is 4.90 Å². The number of aliphatic hydroxyl groups is 1. The van der Waals surface area contributed by atoms with E-state index in [-0.39, 0.29) is 27.9 Å². The molecule has 1 aliphatic rings. The van der Waals surface area contributed by atoms with Gasteiger partial charge >= 0.3 is 11.9 Å². The molecule has 1 aliphatic heterocycles. The Morgan fingerprint density at radius 2 is 1.70 bits per heavy atom. The van der Waals surface area contributed by atoms with Crippen molar-refractivity contribution in [3.8, 4) is 11.5 Å². The van der Waals surface area contributed by atoms with Crippen molar-refractivity contribution in [2.24, 2.45) is 0 Å². The van der Waals surface area contributed by atoms with Gasteiger partial charge in [0.1, 0.15) is 28.7 Å². The maximum atomic E-state index is 13.6. The van der Waals surface area contributed by atoms with Gasteiger partial charge in [0, 0.05) is 5.56 Å². The fraction of sp³-hybridized carbons (Fsp3) is 0.235. The van der Waals surface area contributed by atoms with Crippen molar-refractivity contribution in [3.63, 3.8) is 0 Å². The Hall–Kier alpha value is -4.96. The molecule has 0 bridgehead atoms. The van der Waals surface area contributed by atoms with Crippen LogP contribution < -0.4 is 14.4 Å². The van der Waals surface area contributed by atoms with Gasteiger partial charge in [-0.2, -0.15) is 0 Å². The molecule has 1 amide bonds. The van der Waals surface area contributed by atoms with Crippen molar-refractivity contribution in [2.75, 3.05) is 18.1 Å². The maximum Gasteiger partial charge on any atom is 0.350 e. The molecule has 1 N–H and O–H groups in total. The highest BCUT2D eigenvalue weighted by Gasteiger charge is 2.48. The van der Waals surface area contributed by atoms with Crippen LogP contribution in [0.25, 0.3) is 5.76 Å². The van der Waals surface area contributed by atoms with Crippen molar-refractivity contribution in [3.05, 3.63) is 112 Å². The van der Waals surface area contributed by atoms with Gasteiger partial charge in [0.25, 0.3) is 5.78 Å². The van der Waals surface area contributed by atoms with Crippen LogP contribution in [0.5, 0.6) is 11.5 Å². The molecule has 0 radical (unpaired) electrons. The molecule has 0 saturated carbocycles. The third kappa shape index (κ3) is 6.35. The third-order valence-electron chi connectivity index (χ3n) is 6.92. The summed E-state index contributed by atoms with van der Waals surface area (Å²) < 4.78 is 16.8. The summed E-state index contributed by atoms with van der Waals surface area (Å²) in [5, 5.41) is 11.7. The number of carbonyl (C=O) groups excluding carboxylic acids is 3. The van der Waals surface area contributed by atoms with Crippen LogP contribution in [0.1, 0.15) is 58.4 Å². The number of amides is 1. The highest BCUT2D eigenvalue weighted by Crippen LogP contribution is 2.44. The van der Waals surface area contributed by atoms with Crippen LogP contribution in [0.4, 0.5) is 5.13 Å². The van der Waals surface area contributed by atoms with E-state index in [1.807, 2.05) is 37.3 Å². The summed E-state index contributed by atoms with van der Waals surface area (Å²) in [6, 6.07) is 22.4. The van der Waals surface area contributed by atoms with Crippen LogP contribution in [0.2, 0.25) is 0 Å². The minimum atomic E-state index is -1.03. The fourth-order valence-electron chi connectivity index (χ4n) is 4.81. The number of benzene rings is 3. The third-order valence-corrected chi connectivity index (χ3v) is 8.06. The zero-order chi connectivity index (χ0) is 31.2. The molecule has 1 unspecified atom stereocenters. The van der Waals surface area contributed by atoms with Gasteiger partial charge in [-0.15, -0.1) is 0 Å². The molecule has 5 rings (SSSR count). The van der Waals surface area contributed by atoms with Crippen molar-refractivity contribution in [1.29, 1.82) is 0 Å². The van der Waals surface area contributed by atoms with Gasteiger partial charge in [-0.25, -0.2) is 9.78 Å². The van der Waals surface area contributed by atoms with E-state index in [2.05, 4.69) is 4.98 Å². The second-order valence-corrected chi connectivity index (χ2v) is 11.0. The number of thiazole rings is 1. The van der Waals surface area contributed by atoms with Crippen LogP contribution in [0.3, 0.4) is 0 Å². The van der Waals surface area contributed by atoms with Crippen molar-refractivity contribution in [1.82, 2.24) is 4.98 Å². The van der Waals surface area contributed by atoms with Gasteiger partial charge in [0.2, 0.25) is 0 Å². The van der Waals surface area contributed by atoms with Crippen LogP contribution in [0, 0.1) is 6.92 Å². The molecule has 0 spiro atoms. The zero-order valence-corrected chi connectivity index (χ0v) is 25.4. The van der Waals surface area contributed by atoms with E-state index in [0.717, 1.165) is 23.3 Å². The quantitative estimate of drug-likeness (QED) is 0.0870. The number of aryl methyl sites for hydroxylation is 1.